The predicted octanol–water partition coefficient (Wildman–Crippen LogP) is 0.0239. The molecule has 0 spiro atoms. The third-order valence-corrected chi connectivity index (χ3v) is 6.18. The fourth-order valence-corrected chi connectivity index (χ4v) is 3.94. The van der Waals surface area contributed by atoms with E-state index < -0.39 is 37.2 Å². The Kier molecular flexibility index (Phi) is 4.89. The summed E-state index contributed by atoms with van der Waals surface area (Å²) < 4.78 is 62.2. The SMILES string of the molecule is CC(C)(C)c1ccc([I+]OS(=O)(=O)C(F)(F)F)cc1. The first-order chi connectivity index (χ1) is 8.43. The summed E-state index contributed by atoms with van der Waals surface area (Å²) in [4.78, 5) is 0. The fraction of sp³-hybridized carbons (Fsp3) is 0.455. The Hall–Kier alpha value is -0.350. The zero-order valence-corrected chi connectivity index (χ0v) is 13.4. The van der Waals surface area contributed by atoms with Crippen LogP contribution in [0.2, 0.25) is 0 Å². The van der Waals surface area contributed by atoms with Crippen LogP contribution in [0.25, 0.3) is 0 Å². The zero-order valence-electron chi connectivity index (χ0n) is 10.5. The van der Waals surface area contributed by atoms with Crippen LogP contribution in [-0.2, 0) is 18.0 Å². The lowest BCUT2D eigenvalue weighted by molar-refractivity contribution is -0.838. The van der Waals surface area contributed by atoms with Gasteiger partial charge in [-0.2, -0.15) is 21.6 Å². The van der Waals surface area contributed by atoms with E-state index in [0.29, 0.717) is 3.57 Å². The largest absolute Gasteiger partial charge is 0.540 e. The quantitative estimate of drug-likeness (QED) is 0.523. The van der Waals surface area contributed by atoms with Crippen molar-refractivity contribution in [1.29, 1.82) is 0 Å². The van der Waals surface area contributed by atoms with Crippen molar-refractivity contribution in [2.75, 3.05) is 0 Å². The van der Waals surface area contributed by atoms with Crippen LogP contribution < -0.4 is 21.6 Å². The van der Waals surface area contributed by atoms with Crippen LogP contribution in [0, 0.1) is 3.57 Å². The van der Waals surface area contributed by atoms with Crippen LogP contribution in [0.5, 0.6) is 0 Å². The molecule has 19 heavy (non-hydrogen) atoms. The standard InChI is InChI=1S/C11H13F3IO3S/c1-10(2,3)8-4-6-9(7-5-8)15-18-19(16,17)11(12,13)14/h4-7H,1-3H3/q+1. The summed E-state index contributed by atoms with van der Waals surface area (Å²) in [6, 6.07) is 6.72. The third kappa shape index (κ3) is 4.60. The molecular formula is C11H13F3IO3S+. The number of hydrogen-bond acceptors (Lipinski definition) is 3. The van der Waals surface area contributed by atoms with Crippen LogP contribution in [0.1, 0.15) is 26.3 Å². The van der Waals surface area contributed by atoms with Gasteiger partial charge in [0.15, 0.2) is 0 Å². The minimum Gasteiger partial charge on any atom is -0.186 e. The Balaban J connectivity index is 2.76. The van der Waals surface area contributed by atoms with Gasteiger partial charge in [-0.3, -0.25) is 0 Å². The topological polar surface area (TPSA) is 43.4 Å². The molecule has 3 nitrogen and oxygen atoms in total. The first-order valence-corrected chi connectivity index (χ1v) is 8.55. The molecule has 0 amide bonds. The number of rotatable bonds is 3. The van der Waals surface area contributed by atoms with Crippen molar-refractivity contribution >= 4 is 10.1 Å². The average molecular weight is 409 g/mol. The molecule has 0 aliphatic carbocycles. The highest BCUT2D eigenvalue weighted by atomic mass is 127. The zero-order chi connectivity index (χ0) is 14.9. The summed E-state index contributed by atoms with van der Waals surface area (Å²) in [6.07, 6.45) is 0. The molecule has 1 rings (SSSR count). The molecule has 0 atom stereocenters. The Morgan fingerprint density at radius 3 is 1.89 bits per heavy atom. The van der Waals surface area contributed by atoms with Gasteiger partial charge in [-0.05, 0) is 23.1 Å². The van der Waals surface area contributed by atoms with Crippen LogP contribution in [0.3, 0.4) is 0 Å². The van der Waals surface area contributed by atoms with Gasteiger partial charge in [-0.25, -0.2) is 0 Å². The van der Waals surface area contributed by atoms with Crippen molar-refractivity contribution in [2.45, 2.75) is 31.7 Å². The Labute approximate surface area is 121 Å². The van der Waals surface area contributed by atoms with E-state index in [2.05, 4.69) is 2.51 Å². The number of halogens is 4. The molecule has 0 unspecified atom stereocenters. The van der Waals surface area contributed by atoms with Gasteiger partial charge in [-0.1, -0.05) is 32.9 Å². The minimum absolute atomic E-state index is 0.0737. The second kappa shape index (κ2) is 5.57. The summed E-state index contributed by atoms with van der Waals surface area (Å²) >= 11 is -1.69. The summed E-state index contributed by atoms with van der Waals surface area (Å²) in [7, 11) is -5.49. The van der Waals surface area contributed by atoms with Crippen molar-refractivity contribution in [1.82, 2.24) is 0 Å². The van der Waals surface area contributed by atoms with E-state index in [1.165, 1.54) is 0 Å². The lowest BCUT2D eigenvalue weighted by Crippen LogP contribution is -3.62. The molecule has 0 aromatic heterocycles. The predicted molar refractivity (Wildman–Crippen MR) is 59.9 cm³/mol. The van der Waals surface area contributed by atoms with Crippen LogP contribution >= 0.6 is 0 Å². The van der Waals surface area contributed by atoms with Crippen molar-refractivity contribution in [3.8, 4) is 0 Å². The van der Waals surface area contributed by atoms with Gasteiger partial charge in [0.25, 0.3) is 0 Å². The second-order valence-corrected chi connectivity index (χ2v) is 9.06. The smallest absolute Gasteiger partial charge is 0.186 e. The maximum Gasteiger partial charge on any atom is 0.540 e. The number of benzene rings is 1. The van der Waals surface area contributed by atoms with Crippen molar-refractivity contribution in [3.05, 3.63) is 33.4 Å². The highest BCUT2D eigenvalue weighted by Gasteiger charge is 2.52. The van der Waals surface area contributed by atoms with E-state index >= 15 is 0 Å². The van der Waals surface area contributed by atoms with E-state index in [4.69, 9.17) is 0 Å². The molecule has 0 aliphatic heterocycles. The van der Waals surface area contributed by atoms with Gasteiger partial charge in [-0.15, -0.1) is 0 Å². The number of alkyl halides is 3. The van der Waals surface area contributed by atoms with Crippen LogP contribution in [0.4, 0.5) is 13.2 Å². The van der Waals surface area contributed by atoms with E-state index in [0.717, 1.165) is 5.56 Å². The summed E-state index contributed by atoms with van der Waals surface area (Å²) in [6.45, 7) is 6.00. The summed E-state index contributed by atoms with van der Waals surface area (Å²) in [5, 5.41) is 0. The molecule has 0 N–H and O–H groups in total. The van der Waals surface area contributed by atoms with Gasteiger partial charge in [0.1, 0.15) is 0 Å². The molecule has 0 radical (unpaired) electrons. The highest BCUT2D eigenvalue weighted by molar-refractivity contribution is 7.87. The average Bonchev–Trinajstić information content (AvgIpc) is 2.24. The molecule has 0 aliphatic rings. The normalized spacial score (nSPS) is 13.6. The van der Waals surface area contributed by atoms with Crippen molar-refractivity contribution < 1.29 is 45.7 Å². The van der Waals surface area contributed by atoms with E-state index in [1.54, 1.807) is 24.3 Å². The molecule has 0 fully saturated rings. The molecule has 0 saturated heterocycles. The fourth-order valence-electron chi connectivity index (χ4n) is 1.11. The Morgan fingerprint density at radius 2 is 1.53 bits per heavy atom. The van der Waals surface area contributed by atoms with Gasteiger partial charge < -0.3 is 0 Å². The van der Waals surface area contributed by atoms with Gasteiger partial charge in [0.2, 0.25) is 3.57 Å². The van der Waals surface area contributed by atoms with Gasteiger partial charge in [0.05, 0.1) is 0 Å². The maximum atomic E-state index is 12.1. The summed E-state index contributed by atoms with van der Waals surface area (Å²) in [5.41, 5.74) is -4.42. The Morgan fingerprint density at radius 1 is 1.05 bits per heavy atom. The van der Waals surface area contributed by atoms with Crippen LogP contribution in [-0.4, -0.2) is 13.9 Å². The first kappa shape index (κ1) is 16.7. The molecule has 0 saturated carbocycles. The molecule has 108 valence electrons. The van der Waals surface area contributed by atoms with Gasteiger partial charge >= 0.3 is 37.2 Å². The molecule has 0 heterocycles. The monoisotopic (exact) mass is 409 g/mol. The lowest BCUT2D eigenvalue weighted by atomic mass is 9.87. The highest BCUT2D eigenvalue weighted by Crippen LogP contribution is 2.22. The molecule has 1 aromatic carbocycles. The second-order valence-electron chi connectivity index (χ2n) is 4.80. The van der Waals surface area contributed by atoms with E-state index in [9.17, 15) is 21.6 Å². The van der Waals surface area contributed by atoms with Crippen molar-refractivity contribution in [2.24, 2.45) is 0 Å². The molecule has 8 heteroatoms. The summed E-state index contributed by atoms with van der Waals surface area (Å²) in [5.74, 6) is 0. The molecular weight excluding hydrogens is 396 g/mol. The van der Waals surface area contributed by atoms with Crippen LogP contribution in [0.15, 0.2) is 24.3 Å². The van der Waals surface area contributed by atoms with Gasteiger partial charge in [0, 0.05) is 2.51 Å². The molecule has 1 aromatic rings. The lowest BCUT2D eigenvalue weighted by Gasteiger charge is -2.18. The third-order valence-electron chi connectivity index (χ3n) is 2.20. The maximum absolute atomic E-state index is 12.1. The van der Waals surface area contributed by atoms with E-state index in [-0.39, 0.29) is 5.41 Å². The minimum atomic E-state index is -5.49. The Bertz CT molecular complexity index is 530. The van der Waals surface area contributed by atoms with E-state index in [1.807, 2.05) is 20.8 Å². The first-order valence-electron chi connectivity index (χ1n) is 5.19. The molecule has 0 bridgehead atoms. The van der Waals surface area contributed by atoms with Crippen molar-refractivity contribution in [3.63, 3.8) is 0 Å². The number of hydrogen-bond donors (Lipinski definition) is 0.